The number of amides is 1. The summed E-state index contributed by atoms with van der Waals surface area (Å²) in [6, 6.07) is -0.0509. The number of nitrogens with zero attached hydrogens (tertiary/aromatic N) is 1. The van der Waals surface area contributed by atoms with Crippen molar-refractivity contribution in [1.82, 2.24) is 4.90 Å². The van der Waals surface area contributed by atoms with E-state index in [1.54, 1.807) is 0 Å². The van der Waals surface area contributed by atoms with Crippen LogP contribution in [0.3, 0.4) is 0 Å². The van der Waals surface area contributed by atoms with Crippen LogP contribution in [0.2, 0.25) is 0 Å². The number of likely N-dealkylation sites (N-methyl/N-ethyl adjacent to an activating group) is 1. The molecule has 0 saturated carbocycles. The van der Waals surface area contributed by atoms with Gasteiger partial charge < -0.3 is 5.73 Å². The summed E-state index contributed by atoms with van der Waals surface area (Å²) < 4.78 is 0. The lowest BCUT2D eigenvalue weighted by molar-refractivity contribution is -0.121. The van der Waals surface area contributed by atoms with Gasteiger partial charge in [-0.3, -0.25) is 9.69 Å². The van der Waals surface area contributed by atoms with E-state index >= 15 is 0 Å². The summed E-state index contributed by atoms with van der Waals surface area (Å²) >= 11 is 0. The first-order valence-corrected chi connectivity index (χ1v) is 5.33. The first-order chi connectivity index (χ1) is 6.34. The van der Waals surface area contributed by atoms with E-state index < -0.39 is 0 Å². The Kier molecular flexibility index (Phi) is 5.13. The van der Waals surface area contributed by atoms with E-state index in [0.717, 1.165) is 13.0 Å². The highest BCUT2D eigenvalue weighted by molar-refractivity contribution is 5.80. The molecule has 1 aliphatic rings. The average Bonchev–Trinajstić information content (AvgIpc) is 2.26. The molecule has 1 amide bonds. The predicted octanol–water partition coefficient (Wildman–Crippen LogP) is 1.62. The second-order valence-corrected chi connectivity index (χ2v) is 4.91. The molecule has 0 radical (unpaired) electrons. The highest BCUT2D eigenvalue weighted by atomic mass is 16.1. The largest absolute Gasteiger partial charge is 0.368 e. The standard InChI is InChI=1S/C8H16N2O.C3H8/c1-8(2)4-6(7(9)11)10(3)5-8;1-3-2/h6H,4-5H2,1-3H3,(H2,9,11);3H2,1-2H3/t6-;/m0./s1. The summed E-state index contributed by atoms with van der Waals surface area (Å²) in [6.07, 6.45) is 2.14. The van der Waals surface area contributed by atoms with Crippen LogP contribution in [-0.4, -0.2) is 30.4 Å². The van der Waals surface area contributed by atoms with Gasteiger partial charge in [0.15, 0.2) is 0 Å². The number of carbonyl (C=O) groups excluding carboxylic acids is 1. The van der Waals surface area contributed by atoms with Crippen molar-refractivity contribution < 1.29 is 4.79 Å². The summed E-state index contributed by atoms with van der Waals surface area (Å²) in [4.78, 5) is 12.9. The van der Waals surface area contributed by atoms with Gasteiger partial charge in [-0.25, -0.2) is 0 Å². The topological polar surface area (TPSA) is 46.3 Å². The van der Waals surface area contributed by atoms with Gasteiger partial charge in [0.05, 0.1) is 6.04 Å². The van der Waals surface area contributed by atoms with Gasteiger partial charge >= 0.3 is 0 Å². The fourth-order valence-corrected chi connectivity index (χ4v) is 1.85. The average molecular weight is 200 g/mol. The summed E-state index contributed by atoms with van der Waals surface area (Å²) in [6.45, 7) is 9.53. The van der Waals surface area contributed by atoms with Crippen LogP contribution in [0.4, 0.5) is 0 Å². The van der Waals surface area contributed by atoms with Crippen LogP contribution >= 0.6 is 0 Å². The van der Waals surface area contributed by atoms with Crippen LogP contribution in [0.25, 0.3) is 0 Å². The van der Waals surface area contributed by atoms with Gasteiger partial charge in [-0.05, 0) is 18.9 Å². The number of carbonyl (C=O) groups is 1. The molecule has 1 fully saturated rings. The van der Waals surface area contributed by atoms with Crippen molar-refractivity contribution >= 4 is 5.91 Å². The minimum Gasteiger partial charge on any atom is -0.368 e. The van der Waals surface area contributed by atoms with Crippen molar-refractivity contribution in [1.29, 1.82) is 0 Å². The molecule has 1 aliphatic heterocycles. The Balaban J connectivity index is 0.000000500. The zero-order valence-corrected chi connectivity index (χ0v) is 10.1. The van der Waals surface area contributed by atoms with Crippen molar-refractivity contribution in [2.45, 2.75) is 46.6 Å². The molecule has 0 aromatic rings. The maximum atomic E-state index is 10.9. The van der Waals surface area contributed by atoms with Crippen LogP contribution in [0.5, 0.6) is 0 Å². The third-order valence-corrected chi connectivity index (χ3v) is 2.28. The van der Waals surface area contributed by atoms with Crippen molar-refractivity contribution in [2.24, 2.45) is 11.1 Å². The van der Waals surface area contributed by atoms with E-state index in [1.807, 2.05) is 11.9 Å². The third kappa shape index (κ3) is 4.09. The number of hydrogen-bond donors (Lipinski definition) is 1. The Hall–Kier alpha value is -0.570. The number of hydrogen-bond acceptors (Lipinski definition) is 2. The lowest BCUT2D eigenvalue weighted by atomic mass is 9.90. The molecule has 3 heteroatoms. The Labute approximate surface area is 87.6 Å². The Morgan fingerprint density at radius 2 is 1.93 bits per heavy atom. The van der Waals surface area contributed by atoms with Crippen molar-refractivity contribution in [3.05, 3.63) is 0 Å². The van der Waals surface area contributed by atoms with E-state index in [0.29, 0.717) is 0 Å². The van der Waals surface area contributed by atoms with E-state index in [4.69, 9.17) is 5.73 Å². The molecule has 0 aliphatic carbocycles. The summed E-state index contributed by atoms with van der Waals surface area (Å²) in [5, 5.41) is 0. The van der Waals surface area contributed by atoms with Gasteiger partial charge in [0.25, 0.3) is 0 Å². The molecule has 3 nitrogen and oxygen atoms in total. The molecule has 0 aromatic carbocycles. The molecule has 1 rings (SSSR count). The number of primary amides is 1. The highest BCUT2D eigenvalue weighted by Gasteiger charge is 2.37. The van der Waals surface area contributed by atoms with Crippen molar-refractivity contribution in [2.75, 3.05) is 13.6 Å². The molecular weight excluding hydrogens is 176 g/mol. The molecular formula is C11H24N2O. The molecule has 1 saturated heterocycles. The first kappa shape index (κ1) is 13.4. The smallest absolute Gasteiger partial charge is 0.234 e. The number of rotatable bonds is 1. The molecule has 0 unspecified atom stereocenters. The summed E-state index contributed by atoms with van der Waals surface area (Å²) in [7, 11) is 1.95. The zero-order valence-electron chi connectivity index (χ0n) is 10.1. The van der Waals surface area contributed by atoms with Crippen molar-refractivity contribution in [3.63, 3.8) is 0 Å². The van der Waals surface area contributed by atoms with Gasteiger partial charge in [0.2, 0.25) is 5.91 Å². The molecule has 0 bridgehead atoms. The van der Waals surface area contributed by atoms with Gasteiger partial charge in [-0.1, -0.05) is 34.1 Å². The monoisotopic (exact) mass is 200 g/mol. The predicted molar refractivity (Wildman–Crippen MR) is 60.0 cm³/mol. The van der Waals surface area contributed by atoms with Crippen LogP contribution in [-0.2, 0) is 4.79 Å². The summed E-state index contributed by atoms with van der Waals surface area (Å²) in [5.41, 5.74) is 5.47. The highest BCUT2D eigenvalue weighted by Crippen LogP contribution is 2.32. The Morgan fingerprint density at radius 1 is 1.50 bits per heavy atom. The van der Waals surface area contributed by atoms with Gasteiger partial charge in [-0.15, -0.1) is 0 Å². The first-order valence-electron chi connectivity index (χ1n) is 5.33. The molecule has 1 heterocycles. The maximum Gasteiger partial charge on any atom is 0.234 e. The number of nitrogens with two attached hydrogens (primary N) is 1. The second-order valence-electron chi connectivity index (χ2n) is 4.91. The van der Waals surface area contributed by atoms with E-state index in [9.17, 15) is 4.79 Å². The molecule has 84 valence electrons. The lowest BCUT2D eigenvalue weighted by Crippen LogP contribution is -2.37. The van der Waals surface area contributed by atoms with E-state index in [2.05, 4.69) is 27.7 Å². The van der Waals surface area contributed by atoms with Crippen LogP contribution in [0.1, 0.15) is 40.5 Å². The Morgan fingerprint density at radius 3 is 2.07 bits per heavy atom. The van der Waals surface area contributed by atoms with E-state index in [-0.39, 0.29) is 17.4 Å². The molecule has 14 heavy (non-hydrogen) atoms. The minimum absolute atomic E-state index is 0.0509. The van der Waals surface area contributed by atoms with Crippen molar-refractivity contribution in [3.8, 4) is 0 Å². The molecule has 0 spiro atoms. The molecule has 1 atom stereocenters. The normalized spacial score (nSPS) is 25.4. The quantitative estimate of drug-likeness (QED) is 0.699. The summed E-state index contributed by atoms with van der Waals surface area (Å²) in [5.74, 6) is -0.196. The van der Waals surface area contributed by atoms with Crippen LogP contribution in [0, 0.1) is 5.41 Å². The minimum atomic E-state index is -0.196. The fraction of sp³-hybridized carbons (Fsp3) is 0.909. The zero-order chi connectivity index (χ0) is 11.4. The SMILES string of the molecule is CCC.CN1CC(C)(C)C[C@H]1C(N)=O. The lowest BCUT2D eigenvalue weighted by Gasteiger charge is -2.15. The van der Waals surface area contributed by atoms with Crippen LogP contribution in [0.15, 0.2) is 0 Å². The fourth-order valence-electron chi connectivity index (χ4n) is 1.85. The molecule has 0 aromatic heterocycles. The van der Waals surface area contributed by atoms with Gasteiger partial charge in [-0.2, -0.15) is 0 Å². The maximum absolute atomic E-state index is 10.9. The molecule has 2 N–H and O–H groups in total. The second kappa shape index (κ2) is 5.35. The van der Waals surface area contributed by atoms with Gasteiger partial charge in [0, 0.05) is 6.54 Å². The van der Waals surface area contributed by atoms with Crippen LogP contribution < -0.4 is 5.73 Å². The van der Waals surface area contributed by atoms with E-state index in [1.165, 1.54) is 6.42 Å². The Bertz CT molecular complexity index is 190. The third-order valence-electron chi connectivity index (χ3n) is 2.28. The van der Waals surface area contributed by atoms with Gasteiger partial charge in [0.1, 0.15) is 0 Å². The number of likely N-dealkylation sites (tertiary alicyclic amines) is 1.